The molecule has 1 saturated heterocycles. The molecule has 9 heteroatoms. The second-order valence-electron chi connectivity index (χ2n) is 3.09. The number of alkyl halides is 2. The maximum atomic E-state index is 10.8. The Morgan fingerprint density at radius 1 is 1.00 bits per heavy atom. The molecule has 0 aromatic carbocycles. The van der Waals surface area contributed by atoms with E-state index in [2.05, 4.69) is 9.78 Å². The highest BCUT2D eigenvalue weighted by molar-refractivity contribution is 6.19. The number of carbonyl (C=O) groups is 2. The monoisotopic (exact) mass is 288 g/mol. The van der Waals surface area contributed by atoms with E-state index in [1.807, 2.05) is 0 Å². The molecule has 0 N–H and O–H groups in total. The van der Waals surface area contributed by atoms with Crippen molar-refractivity contribution < 1.29 is 33.6 Å². The van der Waals surface area contributed by atoms with Crippen LogP contribution in [0, 0.1) is 0 Å². The minimum absolute atomic E-state index is 0.396. The summed E-state index contributed by atoms with van der Waals surface area (Å²) in [5.74, 6) is -6.21. The van der Waals surface area contributed by atoms with Crippen LogP contribution in [0.4, 0.5) is 0 Å². The number of hydrogen-bond acceptors (Lipinski definition) is 7. The molecule has 1 rings (SSSR count). The Labute approximate surface area is 107 Å². The second kappa shape index (κ2) is 5.36. The van der Waals surface area contributed by atoms with E-state index < -0.39 is 35.6 Å². The van der Waals surface area contributed by atoms with Crippen LogP contribution in [0.25, 0.3) is 0 Å². The number of hydrogen-bond donors (Lipinski definition) is 0. The number of halogens is 2. The molecule has 1 aliphatic rings. The summed E-state index contributed by atoms with van der Waals surface area (Å²) < 4.78 is 14.5. The maximum Gasteiger partial charge on any atom is 0.376 e. The molecular formula is C8H10Cl2O7. The van der Waals surface area contributed by atoms with E-state index in [-0.39, 0.29) is 0 Å². The van der Waals surface area contributed by atoms with Crippen LogP contribution in [0.3, 0.4) is 0 Å². The molecule has 0 aromatic rings. The van der Waals surface area contributed by atoms with Crippen LogP contribution in [0.15, 0.2) is 0 Å². The normalized spacial score (nSPS) is 32.2. The van der Waals surface area contributed by atoms with Crippen molar-refractivity contribution >= 4 is 35.1 Å². The Bertz CT molecular complexity index is 293. The van der Waals surface area contributed by atoms with Crippen molar-refractivity contribution in [2.75, 3.05) is 11.8 Å². The summed E-state index contributed by atoms with van der Waals surface area (Å²) in [6.07, 6.45) is 0. The van der Waals surface area contributed by atoms with E-state index in [1.165, 1.54) is 0 Å². The predicted molar refractivity (Wildman–Crippen MR) is 53.7 cm³/mol. The van der Waals surface area contributed by atoms with Crippen LogP contribution in [-0.2, 0) is 33.6 Å². The zero-order chi connectivity index (χ0) is 13.1. The summed E-state index contributed by atoms with van der Waals surface area (Å²) in [4.78, 5) is 31.0. The number of esters is 2. The molecular weight excluding hydrogens is 279 g/mol. The Hall–Kier alpha value is -0.600. The van der Waals surface area contributed by atoms with Gasteiger partial charge in [0.25, 0.3) is 0 Å². The average Bonchev–Trinajstić information content (AvgIpc) is 2.57. The summed E-state index contributed by atoms with van der Waals surface area (Å²) in [5, 5.41) is 0. The van der Waals surface area contributed by atoms with Crippen LogP contribution in [0.2, 0.25) is 0 Å². The fourth-order valence-corrected chi connectivity index (χ4v) is 1.37. The zero-order valence-electron chi connectivity index (χ0n) is 9.03. The molecule has 0 amide bonds. The number of rotatable bonds is 4. The van der Waals surface area contributed by atoms with Gasteiger partial charge in [0, 0.05) is 13.8 Å². The average molecular weight is 289 g/mol. The third-order valence-corrected chi connectivity index (χ3v) is 2.19. The van der Waals surface area contributed by atoms with Gasteiger partial charge in [0.2, 0.25) is 0 Å². The number of ether oxygens (including phenoxy) is 3. The van der Waals surface area contributed by atoms with Gasteiger partial charge in [-0.05, 0) is 0 Å². The standard InChI is InChI=1S/C8H10Cl2O7/c1-5(11)13-7(3-9)15-8(4-10,17-16-7)14-6(2)12/h3-4H2,1-2H3/t7-,8-/m0/s1. The third kappa shape index (κ3) is 3.43. The van der Waals surface area contributed by atoms with Crippen molar-refractivity contribution in [3.8, 4) is 0 Å². The van der Waals surface area contributed by atoms with Gasteiger partial charge in [-0.25, -0.2) is 4.74 Å². The molecule has 0 unspecified atom stereocenters. The Balaban J connectivity index is 2.82. The van der Waals surface area contributed by atoms with Gasteiger partial charge in [0.1, 0.15) is 11.8 Å². The van der Waals surface area contributed by atoms with Crippen molar-refractivity contribution in [2.45, 2.75) is 25.8 Å². The van der Waals surface area contributed by atoms with Gasteiger partial charge in [0.15, 0.2) is 0 Å². The van der Waals surface area contributed by atoms with Gasteiger partial charge in [-0.3, -0.25) is 9.59 Å². The fourth-order valence-electron chi connectivity index (χ4n) is 1.07. The number of carbonyl (C=O) groups excluding carboxylic acids is 2. The Kier molecular flexibility index (Phi) is 4.56. The first-order valence-corrected chi connectivity index (χ1v) is 5.52. The molecule has 7 nitrogen and oxygen atoms in total. The lowest BCUT2D eigenvalue weighted by Crippen LogP contribution is -2.44. The summed E-state index contributed by atoms with van der Waals surface area (Å²) in [6.45, 7) is 2.24. The molecule has 0 saturated carbocycles. The summed E-state index contributed by atoms with van der Waals surface area (Å²) in [7, 11) is 0. The molecule has 0 spiro atoms. The first-order valence-electron chi connectivity index (χ1n) is 4.45. The van der Waals surface area contributed by atoms with Gasteiger partial charge in [0.05, 0.1) is 0 Å². The fraction of sp³-hybridized carbons (Fsp3) is 0.750. The van der Waals surface area contributed by atoms with Crippen LogP contribution < -0.4 is 0 Å². The molecule has 1 fully saturated rings. The van der Waals surface area contributed by atoms with Crippen molar-refractivity contribution in [3.63, 3.8) is 0 Å². The van der Waals surface area contributed by atoms with E-state index in [9.17, 15) is 9.59 Å². The highest BCUT2D eigenvalue weighted by Crippen LogP contribution is 2.36. The Morgan fingerprint density at radius 3 is 1.59 bits per heavy atom. The highest BCUT2D eigenvalue weighted by atomic mass is 35.5. The molecule has 0 aliphatic carbocycles. The third-order valence-electron chi connectivity index (χ3n) is 1.53. The van der Waals surface area contributed by atoms with Crippen LogP contribution in [0.5, 0.6) is 0 Å². The van der Waals surface area contributed by atoms with Crippen molar-refractivity contribution in [1.29, 1.82) is 0 Å². The lowest BCUT2D eigenvalue weighted by atomic mass is 10.5. The topological polar surface area (TPSA) is 80.3 Å². The molecule has 1 heterocycles. The molecule has 98 valence electrons. The lowest BCUT2D eigenvalue weighted by molar-refractivity contribution is -0.413. The second-order valence-corrected chi connectivity index (χ2v) is 3.62. The van der Waals surface area contributed by atoms with Crippen molar-refractivity contribution in [2.24, 2.45) is 0 Å². The Morgan fingerprint density at radius 2 is 1.35 bits per heavy atom. The quantitative estimate of drug-likeness (QED) is 0.431. The maximum absolute atomic E-state index is 10.8. The van der Waals surface area contributed by atoms with Gasteiger partial charge in [-0.15, -0.1) is 23.2 Å². The largest absolute Gasteiger partial charge is 0.405 e. The minimum Gasteiger partial charge on any atom is -0.405 e. The molecule has 0 radical (unpaired) electrons. The highest BCUT2D eigenvalue weighted by Gasteiger charge is 2.58. The molecule has 0 bridgehead atoms. The molecule has 2 atom stereocenters. The van der Waals surface area contributed by atoms with Crippen molar-refractivity contribution in [3.05, 3.63) is 0 Å². The molecule has 1 aliphatic heterocycles. The van der Waals surface area contributed by atoms with Crippen LogP contribution in [-0.4, -0.2) is 35.6 Å². The lowest BCUT2D eigenvalue weighted by Gasteiger charge is -2.24. The van der Waals surface area contributed by atoms with Gasteiger partial charge >= 0.3 is 23.9 Å². The van der Waals surface area contributed by atoms with E-state index in [1.54, 1.807) is 0 Å². The van der Waals surface area contributed by atoms with Gasteiger partial charge < -0.3 is 9.47 Å². The summed E-state index contributed by atoms with van der Waals surface area (Å²) in [6, 6.07) is 0. The predicted octanol–water partition coefficient (Wildman–Crippen LogP) is 0.876. The van der Waals surface area contributed by atoms with Crippen molar-refractivity contribution in [1.82, 2.24) is 0 Å². The molecule has 0 aromatic heterocycles. The van der Waals surface area contributed by atoms with Gasteiger partial charge in [-0.2, -0.15) is 9.78 Å². The summed E-state index contributed by atoms with van der Waals surface area (Å²) in [5.41, 5.74) is 0. The van der Waals surface area contributed by atoms with Crippen LogP contribution in [0.1, 0.15) is 13.8 Å². The molecule has 17 heavy (non-hydrogen) atoms. The summed E-state index contributed by atoms with van der Waals surface area (Å²) >= 11 is 11.1. The van der Waals surface area contributed by atoms with E-state index in [4.69, 9.17) is 37.4 Å². The van der Waals surface area contributed by atoms with E-state index in [0.29, 0.717) is 0 Å². The zero-order valence-corrected chi connectivity index (χ0v) is 10.5. The first-order chi connectivity index (χ1) is 7.87. The smallest absolute Gasteiger partial charge is 0.376 e. The van der Waals surface area contributed by atoms with Gasteiger partial charge in [-0.1, -0.05) is 0 Å². The SMILES string of the molecule is CC(=O)O[C@]1(CCl)OO[C@@](CCl)(OC(C)=O)O1. The minimum atomic E-state index is -1.99. The van der Waals surface area contributed by atoms with E-state index in [0.717, 1.165) is 13.8 Å². The van der Waals surface area contributed by atoms with E-state index >= 15 is 0 Å². The van der Waals surface area contributed by atoms with Crippen LogP contribution >= 0.6 is 23.2 Å². The first kappa shape index (κ1) is 14.5.